The monoisotopic (exact) mass is 1020 g/mol. The largest absolute Gasteiger partial charge is 0.480 e. The average molecular weight is 1020 g/mol. The van der Waals surface area contributed by atoms with Crippen LogP contribution < -0.4 is 33.2 Å². The van der Waals surface area contributed by atoms with E-state index in [4.69, 9.17) is 46.4 Å². The van der Waals surface area contributed by atoms with Gasteiger partial charge in [0.25, 0.3) is 11.8 Å². The van der Waals surface area contributed by atoms with Gasteiger partial charge in [-0.15, -0.1) is 0 Å². The number of imide groups is 2. The Bertz CT molecular complexity index is 1170. The zero-order chi connectivity index (χ0) is 46.2. The maximum absolute atomic E-state index is 10.9. The first-order valence-electron chi connectivity index (χ1n) is 16.6. The molecule has 0 aromatic carbocycles. The Morgan fingerprint density at radius 3 is 1.16 bits per heavy atom. The number of carbonyl (C=O) groups is 6. The number of carbonyl (C=O) groups excluding carboxylic acids is 7. The fourth-order valence-corrected chi connectivity index (χ4v) is 5.60. The van der Waals surface area contributed by atoms with Gasteiger partial charge in [0.1, 0.15) is 36.6 Å². The quantitative estimate of drug-likeness (QED) is 0.0372. The standard InChI is InChI=1S/2C6H10N2O2S.C5H11NO2S.2C5H9NOS.C4H8OS.CHN.CO2.4CH4.H3N/c2*1-11-3-2-4-5(9)8-6(10)7-4;1-9-3-2-4(6)5(7)8;2*1-8-3-2-5(7)4-6;1-6-4-2-3-5;1-2;2-1-3;;;;;/h2*4H,2-3H2,1H3,(H2,7,8,9,10);4H,2-3,6H2,1H3,(H,7,8);2*5,7H,2-3H2,1H3;3H,2,4H2,1H3;1H;;4*1H4;1H3. The second-order valence-electron chi connectivity index (χ2n) is 10.2. The van der Waals surface area contributed by atoms with E-state index in [9.17, 15) is 28.8 Å². The third-order valence-electron chi connectivity index (χ3n) is 5.82. The molecule has 63 heavy (non-hydrogen) atoms. The van der Waals surface area contributed by atoms with E-state index in [1.165, 1.54) is 0 Å². The number of aliphatic hydroxyl groups excluding tert-OH is 2. The number of carboxylic acids is 1. The number of nitrogens with zero attached hydrogens (tertiary/aromatic N) is 3. The van der Waals surface area contributed by atoms with E-state index in [0.717, 1.165) is 40.8 Å². The van der Waals surface area contributed by atoms with Crippen LogP contribution >= 0.6 is 70.6 Å². The lowest BCUT2D eigenvalue weighted by atomic mass is 10.2. The SMILES string of the molecule is C.C.C.C.C#N.CSCCC(N)C(=O)O.CSCCC(O)C#N.CSCCC(O)C#N.CSCCC1NC(=O)NC1=O.CSCCC1NC(=O)NC1=O.CSCCC=O.N.O=C=O. The predicted molar refractivity (Wildman–Crippen MR) is 267 cm³/mol. The molecule has 2 aliphatic rings. The summed E-state index contributed by atoms with van der Waals surface area (Å²) in [5, 5.41) is 57.5. The summed E-state index contributed by atoms with van der Waals surface area (Å²) in [5.74, 6) is 3.94. The van der Waals surface area contributed by atoms with Crippen molar-refractivity contribution in [2.75, 3.05) is 72.1 Å². The van der Waals surface area contributed by atoms with Crippen molar-refractivity contribution in [3.05, 3.63) is 0 Å². The van der Waals surface area contributed by atoms with Crippen LogP contribution in [0.15, 0.2) is 0 Å². The highest BCUT2D eigenvalue weighted by atomic mass is 32.2. The van der Waals surface area contributed by atoms with Gasteiger partial charge >= 0.3 is 24.2 Å². The number of rotatable bonds is 19. The summed E-state index contributed by atoms with van der Waals surface area (Å²) >= 11 is 9.89. The molecule has 6 amide bonds. The van der Waals surface area contributed by atoms with Gasteiger partial charge in [0.2, 0.25) is 0 Å². The summed E-state index contributed by atoms with van der Waals surface area (Å²) < 4.78 is 0. The molecule has 12 N–H and O–H groups in total. The summed E-state index contributed by atoms with van der Waals surface area (Å²) in [7, 11) is 0. The second kappa shape index (κ2) is 70.5. The number of nitrogens with two attached hydrogens (primary N) is 1. The molecular weight excluding hydrogens is 939 g/mol. The maximum atomic E-state index is 10.9. The number of hydrogen-bond donors (Lipinski definition) is 9. The van der Waals surface area contributed by atoms with Crippen molar-refractivity contribution in [3.8, 4) is 18.7 Å². The third kappa shape index (κ3) is 70.7. The fraction of sp³-hybridized carbons (Fsp3) is 0.730. The van der Waals surface area contributed by atoms with Crippen molar-refractivity contribution in [3.63, 3.8) is 0 Å². The van der Waals surface area contributed by atoms with Crippen LogP contribution in [0.5, 0.6) is 0 Å². The Kier molecular flexibility index (Phi) is 97.1. The van der Waals surface area contributed by atoms with Crippen molar-refractivity contribution < 1.29 is 53.7 Å². The van der Waals surface area contributed by atoms with Gasteiger partial charge in [-0.1, -0.05) is 29.7 Å². The first-order chi connectivity index (χ1) is 27.6. The number of aliphatic carboxylic acids is 1. The van der Waals surface area contributed by atoms with Gasteiger partial charge in [-0.25, -0.2) is 14.9 Å². The fourth-order valence-electron chi connectivity index (χ4n) is 2.92. The Balaban J connectivity index is -0.0000000557. The molecule has 0 spiro atoms. The molecule has 26 heteroatoms. The molecule has 0 radical (unpaired) electrons. The number of hydrogen-bond acceptors (Lipinski definition) is 21. The van der Waals surface area contributed by atoms with Crippen LogP contribution in [-0.2, 0) is 28.8 Å². The third-order valence-corrected chi connectivity index (χ3v) is 9.68. The zero-order valence-electron chi connectivity index (χ0n) is 34.2. The highest BCUT2D eigenvalue weighted by Gasteiger charge is 2.29. The van der Waals surface area contributed by atoms with Crippen LogP contribution in [0.3, 0.4) is 0 Å². The molecule has 2 fully saturated rings. The molecule has 2 heterocycles. The van der Waals surface area contributed by atoms with Crippen molar-refractivity contribution in [1.29, 1.82) is 15.8 Å². The Labute approximate surface area is 402 Å². The number of aldehydes is 1. The summed E-state index contributed by atoms with van der Waals surface area (Å²) in [6.45, 7) is 3.50. The Hall–Kier alpha value is -3.19. The highest BCUT2D eigenvalue weighted by molar-refractivity contribution is 7.99. The van der Waals surface area contributed by atoms with Gasteiger partial charge in [-0.3, -0.25) is 25.0 Å². The van der Waals surface area contributed by atoms with E-state index in [1.54, 1.807) is 82.7 Å². The normalized spacial score (nSPS) is 14.1. The van der Waals surface area contributed by atoms with Crippen LogP contribution in [0.4, 0.5) is 9.59 Å². The number of thioether (sulfide) groups is 6. The van der Waals surface area contributed by atoms with Crippen LogP contribution in [0.1, 0.15) is 68.2 Å². The van der Waals surface area contributed by atoms with Crippen molar-refractivity contribution in [2.24, 2.45) is 5.73 Å². The number of nitrogens with one attached hydrogen (secondary N) is 4. The minimum absolute atomic E-state index is 0. The zero-order valence-corrected chi connectivity index (χ0v) is 39.1. The lowest BCUT2D eigenvalue weighted by Gasteiger charge is -2.03. The average Bonchev–Trinajstić information content (AvgIpc) is 3.73. The molecule has 2 aliphatic heterocycles. The van der Waals surface area contributed by atoms with Gasteiger partial charge in [-0.05, 0) is 104 Å². The molecule has 0 aromatic rings. The van der Waals surface area contributed by atoms with Crippen LogP contribution in [-0.4, -0.2) is 160 Å². The maximum Gasteiger partial charge on any atom is 0.373 e. The first kappa shape index (κ1) is 86.8. The van der Waals surface area contributed by atoms with E-state index in [-0.39, 0.29) is 78.0 Å². The molecule has 0 bridgehead atoms. The lowest BCUT2D eigenvalue weighted by Crippen LogP contribution is -2.30. The number of amides is 6. The van der Waals surface area contributed by atoms with Crippen LogP contribution in [0, 0.1) is 34.5 Å². The van der Waals surface area contributed by atoms with Gasteiger partial charge in [0, 0.05) is 13.0 Å². The highest BCUT2D eigenvalue weighted by Crippen LogP contribution is 2.05. The second-order valence-corrected chi connectivity index (χ2v) is 16.1. The summed E-state index contributed by atoms with van der Waals surface area (Å²) in [6, 6.07) is 1.43. The predicted octanol–water partition coefficient (Wildman–Crippen LogP) is 4.50. The smallest absolute Gasteiger partial charge is 0.373 e. The summed E-state index contributed by atoms with van der Waals surface area (Å²) in [6.07, 6.45) is 15.2. The topological polar surface area (TPSA) is 378 Å². The van der Waals surface area contributed by atoms with Gasteiger partial charge in [0.15, 0.2) is 0 Å². The van der Waals surface area contributed by atoms with Gasteiger partial charge < -0.3 is 42.6 Å². The van der Waals surface area contributed by atoms with Crippen molar-refractivity contribution >= 4 is 113 Å². The lowest BCUT2D eigenvalue weighted by molar-refractivity contribution is -0.191. The van der Waals surface area contributed by atoms with Crippen molar-refractivity contribution in [1.82, 2.24) is 27.4 Å². The Morgan fingerprint density at radius 2 is 0.968 bits per heavy atom. The molecular formula is C37H77N9O11S6. The number of nitriles is 3. The van der Waals surface area contributed by atoms with E-state index in [0.29, 0.717) is 38.5 Å². The number of carboxylic acid groups (broad SMARTS) is 1. The van der Waals surface area contributed by atoms with Gasteiger partial charge in [-0.2, -0.15) is 90.7 Å². The molecule has 0 aliphatic carbocycles. The van der Waals surface area contributed by atoms with Gasteiger partial charge in [0.05, 0.1) is 12.1 Å². The van der Waals surface area contributed by atoms with E-state index in [1.807, 2.05) is 37.5 Å². The first-order valence-corrected chi connectivity index (χ1v) is 25.0. The molecule has 2 rings (SSSR count). The van der Waals surface area contributed by atoms with E-state index >= 15 is 0 Å². The van der Waals surface area contributed by atoms with E-state index in [2.05, 4.69) is 27.8 Å². The molecule has 20 nitrogen and oxygen atoms in total. The molecule has 372 valence electrons. The molecule has 5 atom stereocenters. The summed E-state index contributed by atoms with van der Waals surface area (Å²) in [4.78, 5) is 78.8. The number of urea groups is 2. The minimum atomic E-state index is -0.913. The molecule has 2 saturated heterocycles. The van der Waals surface area contributed by atoms with E-state index < -0.39 is 24.2 Å². The van der Waals surface area contributed by atoms with Crippen LogP contribution in [0.25, 0.3) is 0 Å². The van der Waals surface area contributed by atoms with Crippen LogP contribution in [0.2, 0.25) is 0 Å². The Morgan fingerprint density at radius 1 is 0.683 bits per heavy atom. The minimum Gasteiger partial charge on any atom is -0.480 e. The summed E-state index contributed by atoms with van der Waals surface area (Å²) in [5.41, 5.74) is 5.19. The molecule has 0 aromatic heterocycles. The van der Waals surface area contributed by atoms with Crippen molar-refractivity contribution in [2.45, 2.75) is 98.6 Å². The number of aliphatic hydroxyl groups is 2. The molecule has 5 unspecified atom stereocenters. The molecule has 0 saturated carbocycles.